The van der Waals surface area contributed by atoms with Gasteiger partial charge >= 0.3 is 0 Å². The Hall–Kier alpha value is -3.52. The number of nitrogens with zero attached hydrogens (tertiary/aromatic N) is 2. The van der Waals surface area contributed by atoms with Gasteiger partial charge in [0.2, 0.25) is 12.7 Å². The normalized spacial score (nSPS) is 18.9. The van der Waals surface area contributed by atoms with E-state index in [-0.39, 0.29) is 12.7 Å². The van der Waals surface area contributed by atoms with Gasteiger partial charge in [-0.3, -0.25) is 4.79 Å². The molecular formula is C27H32N4O4. The second-order valence-electron chi connectivity index (χ2n) is 9.36. The Bertz CT molecular complexity index is 1130. The van der Waals surface area contributed by atoms with Gasteiger partial charge in [-0.15, -0.1) is 0 Å². The molecule has 3 heterocycles. The number of amides is 1. The van der Waals surface area contributed by atoms with Crippen molar-refractivity contribution in [1.82, 2.24) is 15.8 Å². The monoisotopic (exact) mass is 476 g/mol. The molecule has 0 bridgehead atoms. The summed E-state index contributed by atoms with van der Waals surface area (Å²) in [6.07, 6.45) is 2.29. The van der Waals surface area contributed by atoms with Crippen LogP contribution in [0.5, 0.6) is 11.5 Å². The standard InChI is InChI=1S/C27H32N4O4/c1-31(23-5-3-2-4-6-23)17-24-14-22(30-35-24)12-21-16-28-10-9-20(21)13-27(32)29-15-19-7-8-25-26(11-19)34-18-33-25/h2-8,11,14,20-21,28H,9-10,12-13,15-18H2,1H3,(H,29,32). The van der Waals surface area contributed by atoms with Gasteiger partial charge in [-0.2, -0.15) is 0 Å². The first-order chi connectivity index (χ1) is 17.1. The minimum atomic E-state index is 0.0740. The summed E-state index contributed by atoms with van der Waals surface area (Å²) in [5.74, 6) is 3.04. The molecule has 2 aliphatic rings. The van der Waals surface area contributed by atoms with Gasteiger partial charge in [0.25, 0.3) is 0 Å². The molecular weight excluding hydrogens is 444 g/mol. The maximum atomic E-state index is 12.7. The number of benzene rings is 2. The topological polar surface area (TPSA) is 88.9 Å². The van der Waals surface area contributed by atoms with E-state index in [1.807, 2.05) is 49.5 Å². The van der Waals surface area contributed by atoms with Crippen molar-refractivity contribution in [3.8, 4) is 11.5 Å². The van der Waals surface area contributed by atoms with Crippen LogP contribution < -0.4 is 25.0 Å². The van der Waals surface area contributed by atoms with E-state index in [2.05, 4.69) is 32.8 Å². The molecule has 35 heavy (non-hydrogen) atoms. The minimum Gasteiger partial charge on any atom is -0.454 e. The van der Waals surface area contributed by atoms with Crippen molar-refractivity contribution in [2.45, 2.75) is 32.4 Å². The molecule has 2 aliphatic heterocycles. The van der Waals surface area contributed by atoms with E-state index in [1.54, 1.807) is 0 Å². The maximum absolute atomic E-state index is 12.7. The highest BCUT2D eigenvalue weighted by molar-refractivity contribution is 5.76. The van der Waals surface area contributed by atoms with Crippen LogP contribution in [0, 0.1) is 11.8 Å². The smallest absolute Gasteiger partial charge is 0.231 e. The van der Waals surface area contributed by atoms with Gasteiger partial charge < -0.3 is 29.5 Å². The Labute approximate surface area is 205 Å². The SMILES string of the molecule is CN(Cc1cc(CC2CNCCC2CC(=O)NCc2ccc3c(c2)OCO3)no1)c1ccccc1. The summed E-state index contributed by atoms with van der Waals surface area (Å²) in [5.41, 5.74) is 3.08. The van der Waals surface area contributed by atoms with Crippen LogP contribution in [0.1, 0.15) is 29.9 Å². The van der Waals surface area contributed by atoms with Crippen molar-refractivity contribution < 1.29 is 18.8 Å². The molecule has 0 radical (unpaired) electrons. The van der Waals surface area contributed by atoms with Crippen LogP contribution in [-0.2, 0) is 24.3 Å². The number of nitrogens with one attached hydrogen (secondary N) is 2. The average molecular weight is 477 g/mol. The lowest BCUT2D eigenvalue weighted by Crippen LogP contribution is -2.40. The van der Waals surface area contributed by atoms with E-state index in [0.717, 1.165) is 60.1 Å². The Morgan fingerprint density at radius 2 is 1.97 bits per heavy atom. The molecule has 8 nitrogen and oxygen atoms in total. The van der Waals surface area contributed by atoms with Gasteiger partial charge in [0.05, 0.1) is 12.2 Å². The Kier molecular flexibility index (Phi) is 7.18. The van der Waals surface area contributed by atoms with Crippen molar-refractivity contribution in [2.24, 2.45) is 11.8 Å². The van der Waals surface area contributed by atoms with Crippen LogP contribution in [0.3, 0.4) is 0 Å². The largest absolute Gasteiger partial charge is 0.454 e. The van der Waals surface area contributed by atoms with Gasteiger partial charge in [-0.1, -0.05) is 29.4 Å². The number of hydrogen-bond donors (Lipinski definition) is 2. The van der Waals surface area contributed by atoms with Gasteiger partial charge in [-0.25, -0.2) is 0 Å². The third-order valence-electron chi connectivity index (χ3n) is 6.81. The highest BCUT2D eigenvalue weighted by Gasteiger charge is 2.28. The lowest BCUT2D eigenvalue weighted by atomic mass is 9.81. The van der Waals surface area contributed by atoms with Gasteiger partial charge in [0.15, 0.2) is 17.3 Å². The number of carbonyl (C=O) groups is 1. The second-order valence-corrected chi connectivity index (χ2v) is 9.36. The Morgan fingerprint density at radius 3 is 2.86 bits per heavy atom. The Morgan fingerprint density at radius 1 is 1.11 bits per heavy atom. The van der Waals surface area contributed by atoms with Crippen LogP contribution in [-0.4, -0.2) is 38.0 Å². The van der Waals surface area contributed by atoms with E-state index in [0.29, 0.717) is 31.3 Å². The minimum absolute atomic E-state index is 0.0740. The number of anilines is 1. The lowest BCUT2D eigenvalue weighted by molar-refractivity contribution is -0.122. The fraction of sp³-hybridized carbons (Fsp3) is 0.407. The number of ether oxygens (including phenoxy) is 2. The number of fused-ring (bicyclic) bond motifs is 1. The second kappa shape index (κ2) is 10.8. The van der Waals surface area contributed by atoms with Crippen LogP contribution in [0.25, 0.3) is 0 Å². The third-order valence-corrected chi connectivity index (χ3v) is 6.81. The molecule has 2 atom stereocenters. The van der Waals surface area contributed by atoms with E-state index in [4.69, 9.17) is 14.0 Å². The molecule has 2 N–H and O–H groups in total. The van der Waals surface area contributed by atoms with Gasteiger partial charge in [0.1, 0.15) is 0 Å². The molecule has 0 spiro atoms. The van der Waals surface area contributed by atoms with Crippen LogP contribution in [0.15, 0.2) is 59.1 Å². The van der Waals surface area contributed by atoms with E-state index in [9.17, 15) is 4.79 Å². The third kappa shape index (κ3) is 5.95. The summed E-state index contributed by atoms with van der Waals surface area (Å²) in [4.78, 5) is 14.9. The predicted octanol–water partition coefficient (Wildman–Crippen LogP) is 3.51. The van der Waals surface area contributed by atoms with Crippen LogP contribution in [0.4, 0.5) is 5.69 Å². The zero-order valence-electron chi connectivity index (χ0n) is 20.0. The first-order valence-corrected chi connectivity index (χ1v) is 12.2. The quantitative estimate of drug-likeness (QED) is 0.489. The van der Waals surface area contributed by atoms with Gasteiger partial charge in [0, 0.05) is 31.8 Å². The number of rotatable bonds is 9. The zero-order valence-corrected chi connectivity index (χ0v) is 20.0. The van der Waals surface area contributed by atoms with Crippen molar-refractivity contribution in [3.05, 3.63) is 71.6 Å². The summed E-state index contributed by atoms with van der Waals surface area (Å²) in [5, 5.41) is 10.9. The summed E-state index contributed by atoms with van der Waals surface area (Å²) in [6.45, 7) is 3.20. The van der Waals surface area contributed by atoms with Crippen LogP contribution in [0.2, 0.25) is 0 Å². The van der Waals surface area contributed by atoms with Crippen molar-refractivity contribution in [1.29, 1.82) is 0 Å². The van der Waals surface area contributed by atoms with Crippen molar-refractivity contribution in [3.63, 3.8) is 0 Å². The Balaban J connectivity index is 1.13. The molecule has 1 fully saturated rings. The molecule has 1 aromatic heterocycles. The molecule has 2 aromatic carbocycles. The molecule has 8 heteroatoms. The van der Waals surface area contributed by atoms with E-state index >= 15 is 0 Å². The number of carbonyl (C=O) groups excluding carboxylic acids is 1. The maximum Gasteiger partial charge on any atom is 0.231 e. The first-order valence-electron chi connectivity index (χ1n) is 12.2. The first kappa shape index (κ1) is 23.2. The number of piperidine rings is 1. The number of para-hydroxylation sites is 1. The van der Waals surface area contributed by atoms with Crippen molar-refractivity contribution >= 4 is 11.6 Å². The van der Waals surface area contributed by atoms with E-state index < -0.39 is 0 Å². The van der Waals surface area contributed by atoms with Crippen LogP contribution >= 0.6 is 0 Å². The molecule has 5 rings (SSSR count). The molecule has 184 valence electrons. The highest BCUT2D eigenvalue weighted by Crippen LogP contribution is 2.32. The lowest BCUT2D eigenvalue weighted by Gasteiger charge is -2.31. The summed E-state index contributed by atoms with van der Waals surface area (Å²) < 4.78 is 16.4. The van der Waals surface area contributed by atoms with Crippen molar-refractivity contribution in [2.75, 3.05) is 31.8 Å². The summed E-state index contributed by atoms with van der Waals surface area (Å²) >= 11 is 0. The molecule has 3 aromatic rings. The highest BCUT2D eigenvalue weighted by atomic mass is 16.7. The number of hydrogen-bond acceptors (Lipinski definition) is 7. The number of aromatic nitrogens is 1. The summed E-state index contributed by atoms with van der Waals surface area (Å²) in [7, 11) is 2.04. The zero-order chi connectivity index (χ0) is 24.0. The fourth-order valence-corrected chi connectivity index (χ4v) is 4.85. The predicted molar refractivity (Wildman–Crippen MR) is 132 cm³/mol. The molecule has 0 aliphatic carbocycles. The molecule has 0 saturated carbocycles. The molecule has 2 unspecified atom stereocenters. The molecule has 1 amide bonds. The van der Waals surface area contributed by atoms with E-state index in [1.165, 1.54) is 0 Å². The van der Waals surface area contributed by atoms with Gasteiger partial charge in [-0.05, 0) is 67.6 Å². The fourth-order valence-electron chi connectivity index (χ4n) is 4.85. The average Bonchev–Trinajstić information content (AvgIpc) is 3.53. The molecule has 1 saturated heterocycles. The summed E-state index contributed by atoms with van der Waals surface area (Å²) in [6, 6.07) is 18.0.